The smallest absolute Gasteiger partial charge is 0.265 e. The summed E-state index contributed by atoms with van der Waals surface area (Å²) in [6.45, 7) is 1.30. The topological polar surface area (TPSA) is 82.5 Å². The van der Waals surface area contributed by atoms with E-state index in [4.69, 9.17) is 9.47 Å². The van der Waals surface area contributed by atoms with Crippen LogP contribution in [0.4, 0.5) is 10.1 Å². The first-order valence-electron chi connectivity index (χ1n) is 7.98. The van der Waals surface area contributed by atoms with Crippen LogP contribution in [0.15, 0.2) is 35.5 Å². The van der Waals surface area contributed by atoms with Gasteiger partial charge in [-0.25, -0.2) is 12.8 Å². The van der Waals surface area contributed by atoms with Gasteiger partial charge in [-0.1, -0.05) is 0 Å². The summed E-state index contributed by atoms with van der Waals surface area (Å²) in [6.07, 6.45) is 6.22. The molecule has 1 fully saturated rings. The van der Waals surface area contributed by atoms with E-state index in [0.717, 1.165) is 38.0 Å². The zero-order valence-electron chi connectivity index (χ0n) is 13.8. The van der Waals surface area contributed by atoms with E-state index in [0.29, 0.717) is 12.2 Å². The third-order valence-electron chi connectivity index (χ3n) is 3.97. The van der Waals surface area contributed by atoms with Gasteiger partial charge < -0.3 is 9.47 Å². The van der Waals surface area contributed by atoms with Gasteiger partial charge >= 0.3 is 0 Å². The van der Waals surface area contributed by atoms with Crippen molar-refractivity contribution in [3.63, 3.8) is 0 Å². The molecule has 2 aromatic rings. The second-order valence-electron chi connectivity index (χ2n) is 5.84. The largest absolute Gasteiger partial charge is 0.495 e. The van der Waals surface area contributed by atoms with Crippen molar-refractivity contribution >= 4 is 15.7 Å². The Hall–Kier alpha value is -2.13. The Bertz CT molecular complexity index is 832. The molecule has 2 heterocycles. The van der Waals surface area contributed by atoms with E-state index >= 15 is 0 Å². The number of sulfonamides is 1. The summed E-state index contributed by atoms with van der Waals surface area (Å²) in [5.41, 5.74) is 0.294. The third-order valence-corrected chi connectivity index (χ3v) is 5.37. The Morgan fingerprint density at radius 1 is 1.44 bits per heavy atom. The fraction of sp³-hybridized carbons (Fsp3) is 0.438. The molecular formula is C16H20FN3O4S. The van der Waals surface area contributed by atoms with Crippen molar-refractivity contribution in [2.75, 3.05) is 18.4 Å². The molecule has 0 amide bonds. The van der Waals surface area contributed by atoms with Gasteiger partial charge in [0.25, 0.3) is 10.0 Å². The molecule has 136 valence electrons. The molecule has 25 heavy (non-hydrogen) atoms. The molecule has 3 rings (SSSR count). The third kappa shape index (κ3) is 4.29. The highest BCUT2D eigenvalue weighted by Gasteiger charge is 2.22. The molecular weight excluding hydrogens is 349 g/mol. The summed E-state index contributed by atoms with van der Waals surface area (Å²) < 4.78 is 53.2. The maximum absolute atomic E-state index is 13.4. The van der Waals surface area contributed by atoms with Gasteiger partial charge in [-0.15, -0.1) is 0 Å². The van der Waals surface area contributed by atoms with Crippen LogP contribution < -0.4 is 9.46 Å². The minimum absolute atomic E-state index is 0.0666. The van der Waals surface area contributed by atoms with Crippen LogP contribution in [0.2, 0.25) is 0 Å². The van der Waals surface area contributed by atoms with Gasteiger partial charge in [-0.3, -0.25) is 9.40 Å². The second-order valence-corrected chi connectivity index (χ2v) is 7.49. The van der Waals surface area contributed by atoms with Crippen molar-refractivity contribution in [3.8, 4) is 5.75 Å². The fourth-order valence-corrected chi connectivity index (χ4v) is 3.96. The highest BCUT2D eigenvalue weighted by atomic mass is 32.2. The van der Waals surface area contributed by atoms with Crippen LogP contribution in [0.5, 0.6) is 5.75 Å². The number of halogens is 1. The van der Waals surface area contributed by atoms with Gasteiger partial charge in [0, 0.05) is 12.8 Å². The molecule has 1 aromatic heterocycles. The molecule has 9 heteroatoms. The minimum atomic E-state index is -4.00. The van der Waals surface area contributed by atoms with E-state index in [2.05, 4.69) is 9.82 Å². The van der Waals surface area contributed by atoms with Gasteiger partial charge in [-0.05, 0) is 37.5 Å². The van der Waals surface area contributed by atoms with Gasteiger partial charge in [0.05, 0.1) is 31.6 Å². The number of methoxy groups -OCH3 is 1. The number of nitrogens with zero attached hydrogens (tertiary/aromatic N) is 2. The lowest BCUT2D eigenvalue weighted by atomic mass is 10.1. The number of hydrogen-bond donors (Lipinski definition) is 1. The molecule has 1 aliphatic rings. The van der Waals surface area contributed by atoms with Crippen molar-refractivity contribution in [2.24, 2.45) is 0 Å². The summed E-state index contributed by atoms with van der Waals surface area (Å²) in [7, 11) is -2.67. The molecule has 1 aromatic carbocycles. The molecule has 1 saturated heterocycles. The molecule has 0 unspecified atom stereocenters. The summed E-state index contributed by atoms with van der Waals surface area (Å²) in [5.74, 6) is -0.594. The van der Waals surface area contributed by atoms with Crippen molar-refractivity contribution in [1.82, 2.24) is 9.78 Å². The predicted octanol–water partition coefficient (Wildman–Crippen LogP) is 2.40. The van der Waals surface area contributed by atoms with Crippen molar-refractivity contribution < 1.29 is 22.3 Å². The zero-order valence-corrected chi connectivity index (χ0v) is 14.6. The van der Waals surface area contributed by atoms with Crippen LogP contribution in [-0.2, 0) is 21.3 Å². The first-order valence-corrected chi connectivity index (χ1v) is 9.46. The molecule has 1 N–H and O–H groups in total. The Morgan fingerprint density at radius 2 is 2.28 bits per heavy atom. The monoisotopic (exact) mass is 369 g/mol. The van der Waals surface area contributed by atoms with Gasteiger partial charge in [0.1, 0.15) is 16.5 Å². The van der Waals surface area contributed by atoms with Crippen molar-refractivity contribution in [1.29, 1.82) is 0 Å². The van der Waals surface area contributed by atoms with E-state index in [1.54, 1.807) is 10.9 Å². The van der Waals surface area contributed by atoms with Gasteiger partial charge in [0.2, 0.25) is 0 Å². The Balaban J connectivity index is 1.74. The predicted molar refractivity (Wildman–Crippen MR) is 89.6 cm³/mol. The van der Waals surface area contributed by atoms with E-state index in [9.17, 15) is 12.8 Å². The van der Waals surface area contributed by atoms with Crippen LogP contribution in [0.25, 0.3) is 0 Å². The maximum atomic E-state index is 13.4. The molecule has 0 aliphatic carbocycles. The van der Waals surface area contributed by atoms with E-state index in [1.165, 1.54) is 19.4 Å². The fourth-order valence-electron chi connectivity index (χ4n) is 2.75. The highest BCUT2D eigenvalue weighted by molar-refractivity contribution is 7.92. The van der Waals surface area contributed by atoms with E-state index in [1.807, 2.05) is 0 Å². The second kappa shape index (κ2) is 7.40. The molecule has 1 atom stereocenters. The SMILES string of the molecule is COc1ccc(F)cc1S(=O)(=O)Nc1cnn(C[C@H]2CCCCO2)c1. The van der Waals surface area contributed by atoms with Crippen LogP contribution in [-0.4, -0.2) is 38.0 Å². The number of anilines is 1. The molecule has 0 bridgehead atoms. The molecule has 0 spiro atoms. The van der Waals surface area contributed by atoms with E-state index in [-0.39, 0.29) is 16.7 Å². The number of rotatable bonds is 6. The molecule has 0 saturated carbocycles. The van der Waals surface area contributed by atoms with Gasteiger partial charge in [0.15, 0.2) is 0 Å². The maximum Gasteiger partial charge on any atom is 0.265 e. The first kappa shape index (κ1) is 17.7. The lowest BCUT2D eigenvalue weighted by Gasteiger charge is -2.22. The standard InChI is InChI=1S/C16H20FN3O4S/c1-23-15-6-5-12(17)8-16(15)25(21,22)19-13-9-18-20(10-13)11-14-4-2-3-7-24-14/h5-6,8-10,14,19H,2-4,7,11H2,1H3/t14-/m1/s1. The van der Waals surface area contributed by atoms with Crippen molar-refractivity contribution in [3.05, 3.63) is 36.4 Å². The minimum Gasteiger partial charge on any atom is -0.495 e. The summed E-state index contributed by atoms with van der Waals surface area (Å²) in [6, 6.07) is 3.33. The number of hydrogen-bond acceptors (Lipinski definition) is 5. The highest BCUT2D eigenvalue weighted by Crippen LogP contribution is 2.26. The molecule has 1 aliphatic heterocycles. The average molecular weight is 369 g/mol. The first-order chi connectivity index (χ1) is 12.0. The quantitative estimate of drug-likeness (QED) is 0.845. The number of benzene rings is 1. The average Bonchev–Trinajstić information content (AvgIpc) is 3.02. The number of aromatic nitrogens is 2. The summed E-state index contributed by atoms with van der Waals surface area (Å²) in [4.78, 5) is -0.265. The lowest BCUT2D eigenvalue weighted by Crippen LogP contribution is -2.24. The zero-order chi connectivity index (χ0) is 17.9. The molecule has 0 radical (unpaired) electrons. The summed E-state index contributed by atoms with van der Waals surface area (Å²) in [5, 5.41) is 4.15. The normalized spacial score (nSPS) is 18.1. The molecule has 7 nitrogen and oxygen atoms in total. The van der Waals surface area contributed by atoms with E-state index < -0.39 is 15.8 Å². The van der Waals surface area contributed by atoms with Crippen LogP contribution in [0.3, 0.4) is 0 Å². The Labute approximate surface area is 145 Å². The van der Waals surface area contributed by atoms with Crippen LogP contribution in [0.1, 0.15) is 19.3 Å². The summed E-state index contributed by atoms with van der Waals surface area (Å²) >= 11 is 0. The lowest BCUT2D eigenvalue weighted by molar-refractivity contribution is 0.00401. The van der Waals surface area contributed by atoms with Crippen LogP contribution in [0, 0.1) is 5.82 Å². The van der Waals surface area contributed by atoms with Gasteiger partial charge in [-0.2, -0.15) is 5.10 Å². The van der Waals surface area contributed by atoms with Crippen molar-refractivity contribution in [2.45, 2.75) is 36.8 Å². The van der Waals surface area contributed by atoms with Crippen LogP contribution >= 0.6 is 0 Å². The number of ether oxygens (including phenoxy) is 2. The Morgan fingerprint density at radius 3 is 3.00 bits per heavy atom. The Kier molecular flexibility index (Phi) is 5.24. The number of nitrogens with one attached hydrogen (secondary N) is 1.